The molecule has 0 aliphatic carbocycles. The average Bonchev–Trinajstić information content (AvgIpc) is 3.11. The van der Waals surface area contributed by atoms with E-state index in [9.17, 15) is 14.7 Å². The van der Waals surface area contributed by atoms with Crippen LogP contribution in [-0.4, -0.2) is 36.0 Å². The van der Waals surface area contributed by atoms with Crippen LogP contribution >= 0.6 is 11.6 Å². The Labute approximate surface area is 162 Å². The van der Waals surface area contributed by atoms with Gasteiger partial charge in [-0.25, -0.2) is 0 Å². The molecular weight excluding hydrogens is 368 g/mol. The van der Waals surface area contributed by atoms with Gasteiger partial charge in [-0.2, -0.15) is 0 Å². The first kappa shape index (κ1) is 18.8. The van der Waals surface area contributed by atoms with Crippen molar-refractivity contribution < 1.29 is 19.4 Å². The molecule has 7 heteroatoms. The zero-order valence-corrected chi connectivity index (χ0v) is 15.8. The second-order valence-electron chi connectivity index (χ2n) is 6.18. The summed E-state index contributed by atoms with van der Waals surface area (Å²) in [6.07, 6.45) is 1.24. The molecule has 0 atom stereocenters. The van der Waals surface area contributed by atoms with E-state index in [0.717, 1.165) is 16.8 Å². The number of anilines is 1. The second kappa shape index (κ2) is 7.32. The molecule has 6 nitrogen and oxygen atoms in total. The molecule has 0 bridgehead atoms. The third kappa shape index (κ3) is 3.36. The zero-order valence-electron chi connectivity index (χ0n) is 15.0. The van der Waals surface area contributed by atoms with Gasteiger partial charge < -0.3 is 19.6 Å². The van der Waals surface area contributed by atoms with Crippen LogP contribution in [0, 0.1) is 0 Å². The van der Waals surface area contributed by atoms with E-state index in [2.05, 4.69) is 6.58 Å². The maximum atomic E-state index is 12.9. The number of carbonyl (C=O) groups is 2. The van der Waals surface area contributed by atoms with Gasteiger partial charge in [-0.15, -0.1) is 0 Å². The standard InChI is InChI=1S/C20H19ClN2O4/c1-4-19(25)22(2)16-7-5-6-12-10-23(11-14(12)16)20(26)13-8-15(21)18(27-3)9-17(13)24/h4-9,24H,1,10-11H2,2-3H3. The van der Waals surface area contributed by atoms with E-state index in [1.807, 2.05) is 18.2 Å². The molecule has 0 spiro atoms. The van der Waals surface area contributed by atoms with E-state index in [4.69, 9.17) is 16.3 Å². The van der Waals surface area contributed by atoms with Gasteiger partial charge in [0.25, 0.3) is 5.91 Å². The number of fused-ring (bicyclic) bond motifs is 1. The minimum atomic E-state index is -0.350. The number of likely N-dealkylation sites (N-methyl/N-ethyl adjacent to an activating group) is 1. The molecule has 0 radical (unpaired) electrons. The summed E-state index contributed by atoms with van der Waals surface area (Å²) in [7, 11) is 3.10. The van der Waals surface area contributed by atoms with Crippen molar-refractivity contribution in [2.24, 2.45) is 0 Å². The number of carbonyl (C=O) groups excluding carboxylic acids is 2. The van der Waals surface area contributed by atoms with Crippen molar-refractivity contribution in [2.45, 2.75) is 13.1 Å². The zero-order chi connectivity index (χ0) is 19.7. The molecule has 0 aromatic heterocycles. The van der Waals surface area contributed by atoms with E-state index in [1.165, 1.54) is 30.2 Å². The third-order valence-corrected chi connectivity index (χ3v) is 4.91. The highest BCUT2D eigenvalue weighted by molar-refractivity contribution is 6.32. The predicted molar refractivity (Wildman–Crippen MR) is 103 cm³/mol. The van der Waals surface area contributed by atoms with Crippen LogP contribution in [0.5, 0.6) is 11.5 Å². The van der Waals surface area contributed by atoms with Crippen molar-refractivity contribution in [3.63, 3.8) is 0 Å². The number of hydrogen-bond donors (Lipinski definition) is 1. The highest BCUT2D eigenvalue weighted by Crippen LogP contribution is 2.36. The molecule has 0 saturated heterocycles. The normalized spacial score (nSPS) is 12.5. The first-order chi connectivity index (χ1) is 12.9. The summed E-state index contributed by atoms with van der Waals surface area (Å²) in [5.41, 5.74) is 2.67. The summed E-state index contributed by atoms with van der Waals surface area (Å²) in [6, 6.07) is 8.31. The number of rotatable bonds is 4. The van der Waals surface area contributed by atoms with Crippen molar-refractivity contribution in [3.8, 4) is 11.5 Å². The molecule has 3 rings (SSSR count). The van der Waals surface area contributed by atoms with Crippen molar-refractivity contribution >= 4 is 29.1 Å². The highest BCUT2D eigenvalue weighted by atomic mass is 35.5. The molecule has 2 aromatic rings. The summed E-state index contributed by atoms with van der Waals surface area (Å²) < 4.78 is 5.05. The Hall–Kier alpha value is -2.99. The Morgan fingerprint density at radius 1 is 1.33 bits per heavy atom. The van der Waals surface area contributed by atoms with E-state index in [0.29, 0.717) is 18.8 Å². The lowest BCUT2D eigenvalue weighted by Gasteiger charge is -2.20. The molecule has 1 aliphatic heterocycles. The van der Waals surface area contributed by atoms with Gasteiger partial charge in [-0.05, 0) is 23.8 Å². The van der Waals surface area contributed by atoms with Gasteiger partial charge in [-0.3, -0.25) is 9.59 Å². The van der Waals surface area contributed by atoms with Crippen molar-refractivity contribution in [1.29, 1.82) is 0 Å². The van der Waals surface area contributed by atoms with Gasteiger partial charge >= 0.3 is 0 Å². The second-order valence-corrected chi connectivity index (χ2v) is 6.59. The number of hydrogen-bond acceptors (Lipinski definition) is 4. The first-order valence-corrected chi connectivity index (χ1v) is 8.61. The lowest BCUT2D eigenvalue weighted by Crippen LogP contribution is -2.27. The van der Waals surface area contributed by atoms with Crippen LogP contribution in [0.4, 0.5) is 5.69 Å². The van der Waals surface area contributed by atoms with Crippen LogP contribution in [0.2, 0.25) is 5.02 Å². The SMILES string of the molecule is C=CC(=O)N(C)c1cccc2c1CN(C(=O)c1cc(Cl)c(OC)cc1O)C2. The average molecular weight is 387 g/mol. The van der Waals surface area contributed by atoms with Crippen molar-refractivity contribution in [1.82, 2.24) is 4.90 Å². The largest absolute Gasteiger partial charge is 0.507 e. The van der Waals surface area contributed by atoms with Crippen LogP contribution in [0.15, 0.2) is 43.0 Å². The summed E-state index contributed by atoms with van der Waals surface area (Å²) >= 11 is 6.10. The number of ether oxygens (including phenoxy) is 1. The fraction of sp³-hybridized carbons (Fsp3) is 0.200. The quantitative estimate of drug-likeness (QED) is 0.818. The first-order valence-electron chi connectivity index (χ1n) is 8.24. The van der Waals surface area contributed by atoms with E-state index < -0.39 is 0 Å². The summed E-state index contributed by atoms with van der Waals surface area (Å²) in [4.78, 5) is 28.0. The van der Waals surface area contributed by atoms with Gasteiger partial charge in [0.05, 0.1) is 17.7 Å². The predicted octanol–water partition coefficient (Wildman–Crippen LogP) is 3.36. The number of phenols is 1. The lowest BCUT2D eigenvalue weighted by molar-refractivity contribution is -0.113. The number of methoxy groups -OCH3 is 1. The number of amides is 2. The fourth-order valence-electron chi connectivity index (χ4n) is 3.16. The monoisotopic (exact) mass is 386 g/mol. The number of phenolic OH excluding ortho intramolecular Hbond substituents is 1. The van der Waals surface area contributed by atoms with E-state index in [1.54, 1.807) is 11.9 Å². The molecule has 27 heavy (non-hydrogen) atoms. The molecular formula is C20H19ClN2O4. The Morgan fingerprint density at radius 2 is 2.07 bits per heavy atom. The lowest BCUT2D eigenvalue weighted by atomic mass is 10.1. The Morgan fingerprint density at radius 3 is 2.74 bits per heavy atom. The third-order valence-electron chi connectivity index (χ3n) is 4.61. The summed E-state index contributed by atoms with van der Waals surface area (Å²) in [5, 5.41) is 10.4. The van der Waals surface area contributed by atoms with Gasteiger partial charge in [-0.1, -0.05) is 30.3 Å². The molecule has 1 aliphatic rings. The number of benzene rings is 2. The van der Waals surface area contributed by atoms with Crippen LogP contribution in [-0.2, 0) is 17.9 Å². The van der Waals surface area contributed by atoms with Crippen LogP contribution < -0.4 is 9.64 Å². The summed E-state index contributed by atoms with van der Waals surface area (Å²) in [5.74, 6) is -0.483. The van der Waals surface area contributed by atoms with Gasteiger partial charge in [0.1, 0.15) is 11.5 Å². The van der Waals surface area contributed by atoms with Gasteiger partial charge in [0.15, 0.2) is 0 Å². The smallest absolute Gasteiger partial charge is 0.258 e. The molecule has 1 heterocycles. The van der Waals surface area contributed by atoms with Crippen molar-refractivity contribution in [2.75, 3.05) is 19.1 Å². The van der Waals surface area contributed by atoms with Crippen LogP contribution in [0.25, 0.3) is 0 Å². The van der Waals surface area contributed by atoms with E-state index >= 15 is 0 Å². The highest BCUT2D eigenvalue weighted by Gasteiger charge is 2.29. The molecule has 0 unspecified atom stereocenters. The van der Waals surface area contributed by atoms with Gasteiger partial charge in [0.2, 0.25) is 5.91 Å². The van der Waals surface area contributed by atoms with Crippen LogP contribution in [0.3, 0.4) is 0 Å². The van der Waals surface area contributed by atoms with Crippen LogP contribution in [0.1, 0.15) is 21.5 Å². The topological polar surface area (TPSA) is 70.1 Å². The Balaban J connectivity index is 1.91. The summed E-state index contributed by atoms with van der Waals surface area (Å²) in [6.45, 7) is 4.21. The number of aromatic hydroxyl groups is 1. The maximum Gasteiger partial charge on any atom is 0.258 e. The molecule has 2 aromatic carbocycles. The Kier molecular flexibility index (Phi) is 5.10. The van der Waals surface area contributed by atoms with E-state index in [-0.39, 0.29) is 28.1 Å². The molecule has 0 saturated carbocycles. The fourth-order valence-corrected chi connectivity index (χ4v) is 3.40. The van der Waals surface area contributed by atoms with Gasteiger partial charge in [0, 0.05) is 37.5 Å². The minimum Gasteiger partial charge on any atom is -0.507 e. The number of halogens is 1. The Bertz CT molecular complexity index is 942. The maximum absolute atomic E-state index is 12.9. The molecule has 1 N–H and O–H groups in total. The molecule has 2 amide bonds. The molecule has 0 fully saturated rings. The van der Waals surface area contributed by atoms with Crippen molar-refractivity contribution in [3.05, 3.63) is 64.7 Å². The number of nitrogens with zero attached hydrogens (tertiary/aromatic N) is 2. The molecule has 140 valence electrons. The minimum absolute atomic E-state index is 0.102.